The van der Waals surface area contributed by atoms with Crippen molar-refractivity contribution in [1.82, 2.24) is 10.2 Å². The number of hydrogen-bond donors (Lipinski definition) is 2. The van der Waals surface area contributed by atoms with Crippen LogP contribution in [0.1, 0.15) is 34.9 Å². The predicted octanol–water partition coefficient (Wildman–Crippen LogP) is 1.99. The summed E-state index contributed by atoms with van der Waals surface area (Å²) in [5.41, 5.74) is 2.50. The van der Waals surface area contributed by atoms with Crippen LogP contribution in [0.4, 0.5) is 0 Å². The van der Waals surface area contributed by atoms with E-state index in [-0.39, 0.29) is 60.8 Å². The van der Waals surface area contributed by atoms with Crippen molar-refractivity contribution in [3.63, 3.8) is 0 Å². The summed E-state index contributed by atoms with van der Waals surface area (Å²) in [6.07, 6.45) is 0.211. The third-order valence-electron chi connectivity index (χ3n) is 8.46. The number of ether oxygens (including phenoxy) is 6. The molecule has 6 rings (SSSR count). The quantitative estimate of drug-likeness (QED) is 0.468. The molecular weight excluding hydrogens is 520 g/mol. The molecule has 0 spiro atoms. The van der Waals surface area contributed by atoms with E-state index in [0.717, 1.165) is 36.3 Å². The van der Waals surface area contributed by atoms with E-state index in [2.05, 4.69) is 10.2 Å². The van der Waals surface area contributed by atoms with Crippen LogP contribution in [-0.4, -0.2) is 88.9 Å². The molecule has 2 N–H and O–H groups in total. The molecule has 11 heteroatoms. The molecule has 4 atom stereocenters. The van der Waals surface area contributed by atoms with Crippen LogP contribution in [0.25, 0.3) is 0 Å². The van der Waals surface area contributed by atoms with E-state index in [1.807, 2.05) is 12.1 Å². The minimum atomic E-state index is -0.544. The predicted molar refractivity (Wildman–Crippen MR) is 141 cm³/mol. The zero-order valence-corrected chi connectivity index (χ0v) is 22.6. The van der Waals surface area contributed by atoms with Gasteiger partial charge < -0.3 is 38.8 Å². The average molecular weight is 555 g/mol. The molecule has 0 saturated carbocycles. The fourth-order valence-corrected chi connectivity index (χ4v) is 6.48. The number of amides is 1. The second-order valence-electron chi connectivity index (χ2n) is 10.5. The first-order valence-corrected chi connectivity index (χ1v) is 13.6. The molecule has 4 aliphatic rings. The second kappa shape index (κ2) is 11.1. The highest BCUT2D eigenvalue weighted by Gasteiger charge is 2.52. The average Bonchev–Trinajstić information content (AvgIpc) is 3.59. The molecule has 0 bridgehead atoms. The molecule has 2 aromatic carbocycles. The molecule has 2 fully saturated rings. The number of hydrogen-bond acceptors (Lipinski definition) is 10. The van der Waals surface area contributed by atoms with Gasteiger partial charge in [-0.15, -0.1) is 0 Å². The molecule has 0 radical (unpaired) electrons. The molecule has 40 heavy (non-hydrogen) atoms. The number of phenolic OH excluding ortho intramolecular Hbond substituents is 1. The van der Waals surface area contributed by atoms with Crippen LogP contribution < -0.4 is 24.3 Å². The minimum Gasteiger partial charge on any atom is -0.502 e. The van der Waals surface area contributed by atoms with Crippen LogP contribution in [0.3, 0.4) is 0 Å². The van der Waals surface area contributed by atoms with Crippen LogP contribution in [-0.2, 0) is 19.1 Å². The summed E-state index contributed by atoms with van der Waals surface area (Å²) in [6.45, 7) is 4.75. The Morgan fingerprint density at radius 1 is 1.02 bits per heavy atom. The van der Waals surface area contributed by atoms with Crippen molar-refractivity contribution in [3.05, 3.63) is 41.0 Å². The van der Waals surface area contributed by atoms with E-state index in [1.165, 1.54) is 14.2 Å². The Balaban J connectivity index is 1.35. The van der Waals surface area contributed by atoms with Crippen molar-refractivity contribution >= 4 is 11.9 Å². The Morgan fingerprint density at radius 3 is 2.38 bits per heavy atom. The van der Waals surface area contributed by atoms with Gasteiger partial charge in [0.05, 0.1) is 40.0 Å². The van der Waals surface area contributed by atoms with Crippen LogP contribution >= 0.6 is 0 Å². The molecule has 2 aromatic rings. The number of esters is 1. The molecule has 11 nitrogen and oxygen atoms in total. The van der Waals surface area contributed by atoms with E-state index in [0.29, 0.717) is 31.3 Å². The van der Waals surface area contributed by atoms with Gasteiger partial charge in [-0.2, -0.15) is 0 Å². The Bertz CT molecular complexity index is 1270. The van der Waals surface area contributed by atoms with Gasteiger partial charge in [0.25, 0.3) is 0 Å². The number of cyclic esters (lactones) is 1. The van der Waals surface area contributed by atoms with Gasteiger partial charge in [0.1, 0.15) is 0 Å². The maximum Gasteiger partial charge on any atom is 0.310 e. The van der Waals surface area contributed by atoms with Crippen molar-refractivity contribution in [1.29, 1.82) is 0 Å². The smallest absolute Gasteiger partial charge is 0.310 e. The highest BCUT2D eigenvalue weighted by molar-refractivity contribution is 5.81. The molecule has 0 aromatic heterocycles. The number of carbonyl (C=O) groups excluding carboxylic acids is 2. The fourth-order valence-electron chi connectivity index (χ4n) is 6.48. The number of carbonyl (C=O) groups is 2. The zero-order valence-electron chi connectivity index (χ0n) is 22.6. The van der Waals surface area contributed by atoms with Crippen LogP contribution in [0.2, 0.25) is 0 Å². The van der Waals surface area contributed by atoms with Crippen molar-refractivity contribution in [2.75, 3.05) is 67.0 Å². The summed E-state index contributed by atoms with van der Waals surface area (Å²) in [5.74, 6) is -0.322. The Hall–Kier alpha value is -3.70. The third kappa shape index (κ3) is 4.77. The molecular formula is C29H34N2O9. The molecule has 1 aliphatic carbocycles. The van der Waals surface area contributed by atoms with Crippen molar-refractivity contribution in [3.8, 4) is 28.7 Å². The number of fused-ring (bicyclic) bond motifs is 3. The van der Waals surface area contributed by atoms with E-state index >= 15 is 0 Å². The van der Waals surface area contributed by atoms with Gasteiger partial charge in [-0.25, -0.2) is 0 Å². The second-order valence-corrected chi connectivity index (χ2v) is 10.5. The Morgan fingerprint density at radius 2 is 1.70 bits per heavy atom. The summed E-state index contributed by atoms with van der Waals surface area (Å²) in [4.78, 5) is 28.8. The maximum absolute atomic E-state index is 13.3. The number of aromatic hydroxyl groups is 1. The molecule has 1 amide bonds. The first kappa shape index (κ1) is 26.5. The number of phenols is 1. The van der Waals surface area contributed by atoms with E-state index in [9.17, 15) is 14.7 Å². The largest absolute Gasteiger partial charge is 0.502 e. The van der Waals surface area contributed by atoms with Crippen molar-refractivity contribution in [2.24, 2.45) is 11.8 Å². The van der Waals surface area contributed by atoms with Gasteiger partial charge in [0, 0.05) is 44.4 Å². The lowest BCUT2D eigenvalue weighted by atomic mass is 9.62. The van der Waals surface area contributed by atoms with Crippen LogP contribution in [0.5, 0.6) is 28.7 Å². The third-order valence-corrected chi connectivity index (χ3v) is 8.46. The van der Waals surface area contributed by atoms with Crippen LogP contribution in [0, 0.1) is 11.8 Å². The van der Waals surface area contributed by atoms with Crippen LogP contribution in [0.15, 0.2) is 24.3 Å². The van der Waals surface area contributed by atoms with Gasteiger partial charge in [-0.1, -0.05) is 0 Å². The lowest BCUT2D eigenvalue weighted by Gasteiger charge is -2.39. The minimum absolute atomic E-state index is 0.0774. The molecule has 0 unspecified atom stereocenters. The monoisotopic (exact) mass is 554 g/mol. The van der Waals surface area contributed by atoms with Crippen molar-refractivity contribution in [2.45, 2.75) is 18.3 Å². The number of nitrogens with zero attached hydrogens (tertiary/aromatic N) is 1. The number of methoxy groups -OCH3 is 2. The van der Waals surface area contributed by atoms with E-state index < -0.39 is 11.8 Å². The SMILES string of the molecule is COc1cc([C@@H]2c3cc4c(cc3[C@@H](CC(=O)NCCN3CCOCC3)[C@H]3COC(=O)[C@H]23)OCO4)cc(OC)c1O. The highest BCUT2D eigenvalue weighted by atomic mass is 16.7. The number of benzene rings is 2. The lowest BCUT2D eigenvalue weighted by molar-refractivity contribution is -0.141. The number of morpholine rings is 1. The molecule has 3 heterocycles. The lowest BCUT2D eigenvalue weighted by Crippen LogP contribution is -2.42. The molecule has 214 valence electrons. The molecule has 3 aliphatic heterocycles. The van der Waals surface area contributed by atoms with Gasteiger partial charge >= 0.3 is 5.97 Å². The molecule has 2 saturated heterocycles. The topological polar surface area (TPSA) is 125 Å². The normalized spacial score (nSPS) is 25.1. The summed E-state index contributed by atoms with van der Waals surface area (Å²) in [6, 6.07) is 7.28. The summed E-state index contributed by atoms with van der Waals surface area (Å²) >= 11 is 0. The van der Waals surface area contributed by atoms with Gasteiger partial charge in [-0.3, -0.25) is 14.5 Å². The first-order chi connectivity index (χ1) is 19.5. The zero-order chi connectivity index (χ0) is 27.8. The highest BCUT2D eigenvalue weighted by Crippen LogP contribution is 2.56. The van der Waals surface area contributed by atoms with Gasteiger partial charge in [0.15, 0.2) is 23.0 Å². The summed E-state index contributed by atoms with van der Waals surface area (Å²) in [5, 5.41) is 13.6. The van der Waals surface area contributed by atoms with Gasteiger partial charge in [-0.05, 0) is 46.9 Å². The Labute approximate surface area is 232 Å². The standard InChI is InChI=1S/C29H34N2O9/c1-35-23-9-16(10-24(36-2)28(23)33)26-19-12-22-21(39-15-40-22)11-17(19)18(20-14-38-29(34)27(20)26)13-25(32)30-3-4-31-5-7-37-8-6-31/h9-12,18,20,26-27,33H,3-8,13-15H2,1-2H3,(H,30,32)/t18-,20-,26-,27+/m1/s1. The fraction of sp³-hybridized carbons (Fsp3) is 0.517. The number of nitrogens with one attached hydrogen (secondary N) is 1. The summed E-state index contributed by atoms with van der Waals surface area (Å²) < 4.78 is 33.3. The van der Waals surface area contributed by atoms with Crippen molar-refractivity contribution < 1.29 is 43.1 Å². The van der Waals surface area contributed by atoms with E-state index in [1.54, 1.807) is 12.1 Å². The van der Waals surface area contributed by atoms with E-state index in [4.69, 9.17) is 28.4 Å². The summed E-state index contributed by atoms with van der Waals surface area (Å²) in [7, 11) is 2.93. The number of rotatable bonds is 8. The Kier molecular flexibility index (Phi) is 7.33. The van der Waals surface area contributed by atoms with Gasteiger partial charge in [0.2, 0.25) is 18.4 Å². The first-order valence-electron chi connectivity index (χ1n) is 13.6. The maximum atomic E-state index is 13.3.